The second-order valence-electron chi connectivity index (χ2n) is 4.55. The number of ketones is 1. The highest BCUT2D eigenvalue weighted by Gasteiger charge is 2.12. The van der Waals surface area contributed by atoms with Gasteiger partial charge in [-0.05, 0) is 44.5 Å². The number of hydrogen-bond acceptors (Lipinski definition) is 1. The fourth-order valence-corrected chi connectivity index (χ4v) is 2.17. The van der Waals surface area contributed by atoms with Gasteiger partial charge in [-0.15, -0.1) is 0 Å². The second-order valence-corrected chi connectivity index (χ2v) is 4.55. The summed E-state index contributed by atoms with van der Waals surface area (Å²) >= 11 is 0. The van der Waals surface area contributed by atoms with Crippen LogP contribution in [0, 0.1) is 19.7 Å². The third kappa shape index (κ3) is 2.35. The first-order chi connectivity index (χ1) is 8.49. The molecule has 0 fully saturated rings. The van der Waals surface area contributed by atoms with Gasteiger partial charge in [0.1, 0.15) is 5.82 Å². The highest BCUT2D eigenvalue weighted by Crippen LogP contribution is 2.17. The van der Waals surface area contributed by atoms with E-state index in [0.717, 1.165) is 22.5 Å². The van der Waals surface area contributed by atoms with Crippen LogP contribution in [0.3, 0.4) is 0 Å². The molecule has 2 rings (SSSR count). The maximum atomic E-state index is 12.8. The minimum Gasteiger partial charge on any atom is -0.344 e. The molecule has 1 heterocycles. The quantitative estimate of drug-likeness (QED) is 0.759. The van der Waals surface area contributed by atoms with Gasteiger partial charge in [0.25, 0.3) is 0 Å². The van der Waals surface area contributed by atoms with Crippen molar-refractivity contribution >= 4 is 5.78 Å². The maximum absolute atomic E-state index is 12.8. The zero-order chi connectivity index (χ0) is 13.3. The molecule has 94 valence electrons. The highest BCUT2D eigenvalue weighted by atomic mass is 19.1. The van der Waals surface area contributed by atoms with E-state index in [4.69, 9.17) is 0 Å². The lowest BCUT2D eigenvalue weighted by Gasteiger charge is -2.09. The molecule has 0 atom stereocenters. The number of hydrogen-bond donors (Lipinski definition) is 0. The number of nitrogens with zero attached hydrogens (tertiary/aromatic N) is 1. The van der Waals surface area contributed by atoms with Gasteiger partial charge in [-0.1, -0.05) is 12.1 Å². The SMILES string of the molecule is CC(=O)c1cc(C)n(Cc2ccc(F)cc2)c1C. The lowest BCUT2D eigenvalue weighted by atomic mass is 10.2. The van der Waals surface area contributed by atoms with Gasteiger partial charge in [0, 0.05) is 23.5 Å². The minimum atomic E-state index is -0.232. The van der Waals surface area contributed by atoms with Crippen LogP contribution in [-0.2, 0) is 6.54 Å². The average Bonchev–Trinajstić information content (AvgIpc) is 2.60. The Morgan fingerprint density at radius 1 is 1.22 bits per heavy atom. The van der Waals surface area contributed by atoms with Gasteiger partial charge in [-0.25, -0.2) is 4.39 Å². The van der Waals surface area contributed by atoms with Gasteiger partial charge in [-0.3, -0.25) is 4.79 Å². The molecule has 0 saturated carbocycles. The van der Waals surface area contributed by atoms with E-state index >= 15 is 0 Å². The molecular formula is C15H16FNO. The van der Waals surface area contributed by atoms with Crippen molar-refractivity contribution in [1.29, 1.82) is 0 Å². The number of benzene rings is 1. The van der Waals surface area contributed by atoms with E-state index in [1.165, 1.54) is 12.1 Å². The number of rotatable bonds is 3. The Kier molecular flexibility index (Phi) is 3.32. The van der Waals surface area contributed by atoms with E-state index in [-0.39, 0.29) is 11.6 Å². The molecule has 0 N–H and O–H groups in total. The molecule has 0 bridgehead atoms. The normalized spacial score (nSPS) is 10.7. The largest absolute Gasteiger partial charge is 0.344 e. The van der Waals surface area contributed by atoms with E-state index in [9.17, 15) is 9.18 Å². The van der Waals surface area contributed by atoms with Crippen LogP contribution in [0.4, 0.5) is 4.39 Å². The monoisotopic (exact) mass is 245 g/mol. The summed E-state index contributed by atoms with van der Waals surface area (Å²) in [6.07, 6.45) is 0. The topological polar surface area (TPSA) is 22.0 Å². The predicted octanol–water partition coefficient (Wildman–Crippen LogP) is 3.49. The first kappa shape index (κ1) is 12.6. The number of aromatic nitrogens is 1. The van der Waals surface area contributed by atoms with Crippen molar-refractivity contribution in [1.82, 2.24) is 4.57 Å². The zero-order valence-electron chi connectivity index (χ0n) is 10.8. The van der Waals surface area contributed by atoms with Crippen molar-refractivity contribution in [3.63, 3.8) is 0 Å². The fourth-order valence-electron chi connectivity index (χ4n) is 2.17. The molecule has 1 aromatic carbocycles. The molecule has 0 aliphatic carbocycles. The van der Waals surface area contributed by atoms with Crippen LogP contribution in [0.25, 0.3) is 0 Å². The van der Waals surface area contributed by atoms with E-state index in [0.29, 0.717) is 6.54 Å². The second kappa shape index (κ2) is 4.77. The standard InChI is InChI=1S/C15H16FNO/c1-10-8-15(12(3)18)11(2)17(10)9-13-4-6-14(16)7-5-13/h4-8H,9H2,1-3H3. The van der Waals surface area contributed by atoms with Crippen molar-refractivity contribution in [3.05, 3.63) is 58.7 Å². The summed E-state index contributed by atoms with van der Waals surface area (Å²) in [7, 11) is 0. The van der Waals surface area contributed by atoms with Gasteiger partial charge in [0.05, 0.1) is 0 Å². The molecule has 0 spiro atoms. The van der Waals surface area contributed by atoms with Crippen molar-refractivity contribution in [2.75, 3.05) is 0 Å². The van der Waals surface area contributed by atoms with Crippen LogP contribution in [0.2, 0.25) is 0 Å². The number of Topliss-reactive ketones (excluding diaryl/α,β-unsaturated/α-hetero) is 1. The smallest absolute Gasteiger partial charge is 0.161 e. The van der Waals surface area contributed by atoms with E-state index in [2.05, 4.69) is 4.57 Å². The van der Waals surface area contributed by atoms with Crippen molar-refractivity contribution in [2.24, 2.45) is 0 Å². The first-order valence-electron chi connectivity index (χ1n) is 5.91. The summed E-state index contributed by atoms with van der Waals surface area (Å²) in [5.41, 5.74) is 3.79. The molecule has 0 unspecified atom stereocenters. The van der Waals surface area contributed by atoms with Crippen LogP contribution in [0.5, 0.6) is 0 Å². The Morgan fingerprint density at radius 3 is 2.33 bits per heavy atom. The Hall–Kier alpha value is -1.90. The summed E-state index contributed by atoms with van der Waals surface area (Å²) in [6.45, 7) is 6.14. The Labute approximate surface area is 106 Å². The van der Waals surface area contributed by atoms with E-state index < -0.39 is 0 Å². The molecule has 2 nitrogen and oxygen atoms in total. The van der Waals surface area contributed by atoms with Crippen LogP contribution in [0.1, 0.15) is 34.2 Å². The van der Waals surface area contributed by atoms with Crippen molar-refractivity contribution in [3.8, 4) is 0 Å². The lowest BCUT2D eigenvalue weighted by molar-refractivity contribution is 0.101. The van der Waals surface area contributed by atoms with Crippen molar-refractivity contribution in [2.45, 2.75) is 27.3 Å². The third-order valence-electron chi connectivity index (χ3n) is 3.21. The first-order valence-corrected chi connectivity index (χ1v) is 5.91. The number of halogens is 1. The fraction of sp³-hybridized carbons (Fsp3) is 0.267. The molecule has 0 aliphatic rings. The Balaban J connectivity index is 2.34. The van der Waals surface area contributed by atoms with Crippen LogP contribution < -0.4 is 0 Å². The van der Waals surface area contributed by atoms with E-state index in [1.54, 1.807) is 19.1 Å². The number of aryl methyl sites for hydroxylation is 1. The molecule has 0 radical (unpaired) electrons. The predicted molar refractivity (Wildman–Crippen MR) is 69.4 cm³/mol. The molecule has 0 saturated heterocycles. The molecule has 0 amide bonds. The zero-order valence-corrected chi connectivity index (χ0v) is 10.8. The average molecular weight is 245 g/mol. The summed E-state index contributed by atoms with van der Waals surface area (Å²) in [5, 5.41) is 0. The Morgan fingerprint density at radius 2 is 1.83 bits per heavy atom. The van der Waals surface area contributed by atoms with Crippen LogP contribution >= 0.6 is 0 Å². The van der Waals surface area contributed by atoms with Crippen molar-refractivity contribution < 1.29 is 9.18 Å². The molecule has 3 heteroatoms. The molecule has 18 heavy (non-hydrogen) atoms. The highest BCUT2D eigenvalue weighted by molar-refractivity contribution is 5.95. The van der Waals surface area contributed by atoms with Gasteiger partial charge in [-0.2, -0.15) is 0 Å². The number of carbonyl (C=O) groups is 1. The summed E-state index contributed by atoms with van der Waals surface area (Å²) in [5.74, 6) is -0.155. The molecule has 1 aromatic heterocycles. The van der Waals surface area contributed by atoms with Gasteiger partial charge < -0.3 is 4.57 Å². The summed E-state index contributed by atoms with van der Waals surface area (Å²) in [6, 6.07) is 8.34. The Bertz CT molecular complexity index is 581. The summed E-state index contributed by atoms with van der Waals surface area (Å²) in [4.78, 5) is 11.5. The maximum Gasteiger partial charge on any atom is 0.161 e. The van der Waals surface area contributed by atoms with Gasteiger partial charge in [0.2, 0.25) is 0 Å². The van der Waals surface area contributed by atoms with Crippen LogP contribution in [-0.4, -0.2) is 10.4 Å². The minimum absolute atomic E-state index is 0.0773. The van der Waals surface area contributed by atoms with Gasteiger partial charge in [0.15, 0.2) is 5.78 Å². The molecule has 2 aromatic rings. The van der Waals surface area contributed by atoms with E-state index in [1.807, 2.05) is 19.9 Å². The molecular weight excluding hydrogens is 229 g/mol. The number of carbonyl (C=O) groups excluding carboxylic acids is 1. The van der Waals surface area contributed by atoms with Crippen LogP contribution in [0.15, 0.2) is 30.3 Å². The lowest BCUT2D eigenvalue weighted by Crippen LogP contribution is -2.05. The van der Waals surface area contributed by atoms with Gasteiger partial charge >= 0.3 is 0 Å². The molecule has 0 aliphatic heterocycles. The third-order valence-corrected chi connectivity index (χ3v) is 3.21. The summed E-state index contributed by atoms with van der Waals surface area (Å²) < 4.78 is 14.9.